The Labute approximate surface area is 224 Å². The second-order valence-corrected chi connectivity index (χ2v) is 10.2. The highest BCUT2D eigenvalue weighted by molar-refractivity contribution is 7.11. The fourth-order valence-corrected chi connectivity index (χ4v) is 5.68. The maximum Gasteiger partial charge on any atom is 0.338 e. The number of allylic oxidation sites excluding steroid dienone is 1. The number of amidine groups is 1. The Morgan fingerprint density at radius 2 is 2.05 bits per heavy atom. The van der Waals surface area contributed by atoms with Crippen molar-refractivity contribution in [2.45, 2.75) is 51.1 Å². The van der Waals surface area contributed by atoms with Crippen molar-refractivity contribution < 1.29 is 23.5 Å². The Bertz CT molecular complexity index is 1180. The summed E-state index contributed by atoms with van der Waals surface area (Å²) in [6.45, 7) is 2.74. The van der Waals surface area contributed by atoms with Crippen LogP contribution >= 0.6 is 22.9 Å². The van der Waals surface area contributed by atoms with E-state index >= 15 is 0 Å². The summed E-state index contributed by atoms with van der Waals surface area (Å²) in [5, 5.41) is 9.55. The fraction of sp³-hybridized carbons (Fsp3) is 0.462. The molecule has 1 aromatic heterocycles. The average Bonchev–Trinajstić information content (AvgIpc) is 3.43. The topological polar surface area (TPSA) is 102 Å². The third kappa shape index (κ3) is 6.55. The van der Waals surface area contributed by atoms with Crippen LogP contribution in [0.1, 0.15) is 55.6 Å². The molecule has 2 aliphatic rings. The lowest BCUT2D eigenvalue weighted by Crippen LogP contribution is -2.40. The van der Waals surface area contributed by atoms with Gasteiger partial charge >= 0.3 is 11.9 Å². The average molecular weight is 549 g/mol. The van der Waals surface area contributed by atoms with E-state index in [1.54, 1.807) is 19.2 Å². The van der Waals surface area contributed by atoms with Gasteiger partial charge in [-0.05, 0) is 50.7 Å². The van der Waals surface area contributed by atoms with Crippen LogP contribution in [-0.4, -0.2) is 49.1 Å². The van der Waals surface area contributed by atoms with Gasteiger partial charge in [0.1, 0.15) is 11.9 Å². The molecule has 0 radical (unpaired) electrons. The number of carbonyl (C=O) groups is 2. The number of methoxy groups -OCH3 is 1. The van der Waals surface area contributed by atoms with E-state index in [-0.39, 0.29) is 23.0 Å². The summed E-state index contributed by atoms with van der Waals surface area (Å²) in [5.74, 6) is -0.599. The zero-order valence-corrected chi connectivity index (χ0v) is 22.3. The Morgan fingerprint density at radius 3 is 2.70 bits per heavy atom. The molecular weight excluding hydrogens is 519 g/mol. The standard InChI is InChI=1S/C26H30ClFN4O4S/c1-3-36-20(33)10-11-29-17-7-4-15(5-8-17)22-21(26(34)35-2)23(18-9-6-16(28)14-19(18)27)32-24(31-22)25-30-12-13-37-25/h6,9,12-15,17,23,29H,3-5,7-8,10-11H2,1-2H3,(H,31,32). The molecule has 1 aromatic carbocycles. The molecule has 0 bridgehead atoms. The van der Waals surface area contributed by atoms with Crippen LogP contribution in [0.5, 0.6) is 0 Å². The third-order valence-corrected chi connectivity index (χ3v) is 7.68. The minimum atomic E-state index is -0.767. The summed E-state index contributed by atoms with van der Waals surface area (Å²) in [6.07, 6.45) is 5.40. The van der Waals surface area contributed by atoms with Crippen LogP contribution < -0.4 is 10.6 Å². The van der Waals surface area contributed by atoms with E-state index in [1.807, 2.05) is 5.38 Å². The Kier molecular flexibility index (Phi) is 9.28. The van der Waals surface area contributed by atoms with Gasteiger partial charge < -0.3 is 20.1 Å². The van der Waals surface area contributed by atoms with Crippen LogP contribution in [0.25, 0.3) is 0 Å². The van der Waals surface area contributed by atoms with Crippen molar-refractivity contribution in [3.05, 3.63) is 62.5 Å². The summed E-state index contributed by atoms with van der Waals surface area (Å²) in [7, 11) is 1.33. The molecule has 1 saturated carbocycles. The summed E-state index contributed by atoms with van der Waals surface area (Å²) in [5.41, 5.74) is 1.63. The minimum absolute atomic E-state index is 0.0457. The van der Waals surface area contributed by atoms with E-state index in [4.69, 9.17) is 26.1 Å². The van der Waals surface area contributed by atoms with Gasteiger partial charge in [-0.2, -0.15) is 0 Å². The number of thiazole rings is 1. The van der Waals surface area contributed by atoms with Crippen LogP contribution in [0.3, 0.4) is 0 Å². The summed E-state index contributed by atoms with van der Waals surface area (Å²) < 4.78 is 24.0. The molecule has 1 atom stereocenters. The fourth-order valence-electron chi connectivity index (χ4n) is 4.82. The number of nitrogens with zero attached hydrogens (tertiary/aromatic N) is 2. The quantitative estimate of drug-likeness (QED) is 0.443. The Morgan fingerprint density at radius 1 is 1.27 bits per heavy atom. The van der Waals surface area contributed by atoms with Crippen molar-refractivity contribution in [3.63, 3.8) is 0 Å². The smallest absolute Gasteiger partial charge is 0.338 e. The molecule has 11 heteroatoms. The maximum atomic E-state index is 13.8. The first kappa shape index (κ1) is 27.2. The molecule has 198 valence electrons. The molecule has 2 N–H and O–H groups in total. The molecule has 1 aliphatic carbocycles. The maximum absolute atomic E-state index is 13.8. The number of benzene rings is 1. The van der Waals surface area contributed by atoms with Crippen molar-refractivity contribution in [2.24, 2.45) is 10.9 Å². The lowest BCUT2D eigenvalue weighted by atomic mass is 9.80. The first-order valence-corrected chi connectivity index (χ1v) is 13.6. The number of rotatable bonds is 9. The van der Waals surface area contributed by atoms with Crippen LogP contribution in [0, 0.1) is 11.7 Å². The predicted molar refractivity (Wildman–Crippen MR) is 140 cm³/mol. The number of aliphatic imine (C=N–C) groups is 1. The molecule has 1 aliphatic heterocycles. The van der Waals surface area contributed by atoms with Crippen LogP contribution in [0.4, 0.5) is 4.39 Å². The van der Waals surface area contributed by atoms with Gasteiger partial charge in [0.2, 0.25) is 0 Å². The SMILES string of the molecule is CCOC(=O)CCNC1CCC(C2=C(C(=O)OC)C(c3ccc(F)cc3Cl)N=C(c3nccs3)N2)CC1. The minimum Gasteiger partial charge on any atom is -0.466 e. The molecule has 8 nitrogen and oxygen atoms in total. The summed E-state index contributed by atoms with van der Waals surface area (Å²) >= 11 is 7.86. The number of nitrogens with one attached hydrogen (secondary N) is 2. The van der Waals surface area contributed by atoms with E-state index in [0.29, 0.717) is 41.6 Å². The first-order valence-electron chi connectivity index (χ1n) is 12.3. The van der Waals surface area contributed by atoms with Crippen molar-refractivity contribution in [2.75, 3.05) is 20.3 Å². The van der Waals surface area contributed by atoms with Gasteiger partial charge in [0.15, 0.2) is 10.8 Å². The van der Waals surface area contributed by atoms with Crippen LogP contribution in [0.15, 0.2) is 46.0 Å². The summed E-state index contributed by atoms with van der Waals surface area (Å²) in [4.78, 5) is 33.9. The van der Waals surface area contributed by atoms with Crippen molar-refractivity contribution in [3.8, 4) is 0 Å². The zero-order valence-electron chi connectivity index (χ0n) is 20.8. The summed E-state index contributed by atoms with van der Waals surface area (Å²) in [6, 6.07) is 3.59. The van der Waals surface area contributed by atoms with E-state index in [2.05, 4.69) is 15.6 Å². The van der Waals surface area contributed by atoms with Gasteiger partial charge in [-0.15, -0.1) is 11.3 Å². The van der Waals surface area contributed by atoms with Crippen molar-refractivity contribution in [1.29, 1.82) is 0 Å². The van der Waals surface area contributed by atoms with Crippen molar-refractivity contribution in [1.82, 2.24) is 15.6 Å². The van der Waals surface area contributed by atoms with Gasteiger partial charge in [-0.1, -0.05) is 17.7 Å². The second-order valence-electron chi connectivity index (χ2n) is 8.88. The number of ether oxygens (including phenoxy) is 2. The number of esters is 2. The molecule has 0 spiro atoms. The normalized spacial score (nSPS) is 21.7. The molecular formula is C26H30ClFN4O4S. The van der Waals surface area contributed by atoms with Gasteiger partial charge in [0, 0.05) is 40.4 Å². The van der Waals surface area contributed by atoms with E-state index < -0.39 is 17.8 Å². The van der Waals surface area contributed by atoms with Crippen LogP contribution in [-0.2, 0) is 19.1 Å². The molecule has 2 heterocycles. The molecule has 0 saturated heterocycles. The number of carbonyl (C=O) groups excluding carboxylic acids is 2. The number of aromatic nitrogens is 1. The monoisotopic (exact) mass is 548 g/mol. The van der Waals surface area contributed by atoms with Gasteiger partial charge in [-0.3, -0.25) is 9.79 Å². The van der Waals surface area contributed by atoms with E-state index in [9.17, 15) is 14.0 Å². The predicted octanol–water partition coefficient (Wildman–Crippen LogP) is 4.56. The largest absolute Gasteiger partial charge is 0.466 e. The Balaban J connectivity index is 1.60. The molecule has 1 unspecified atom stereocenters. The third-order valence-electron chi connectivity index (χ3n) is 6.58. The number of hydrogen-bond acceptors (Lipinski definition) is 9. The number of halogens is 2. The molecule has 0 amide bonds. The van der Waals surface area contributed by atoms with E-state index in [1.165, 1.54) is 30.6 Å². The lowest BCUT2D eigenvalue weighted by molar-refractivity contribution is -0.143. The molecule has 37 heavy (non-hydrogen) atoms. The highest BCUT2D eigenvalue weighted by atomic mass is 35.5. The molecule has 4 rings (SSSR count). The Hall–Kier alpha value is -2.82. The molecule has 1 fully saturated rings. The van der Waals surface area contributed by atoms with Gasteiger partial charge in [0.25, 0.3) is 0 Å². The van der Waals surface area contributed by atoms with E-state index in [0.717, 1.165) is 31.4 Å². The highest BCUT2D eigenvalue weighted by Crippen LogP contribution is 2.41. The van der Waals surface area contributed by atoms with Gasteiger partial charge in [0.05, 0.1) is 25.7 Å². The number of hydrogen-bond donors (Lipinski definition) is 2. The van der Waals surface area contributed by atoms with Crippen LogP contribution in [0.2, 0.25) is 5.02 Å². The van der Waals surface area contributed by atoms with Gasteiger partial charge in [-0.25, -0.2) is 14.2 Å². The molecule has 2 aromatic rings. The zero-order chi connectivity index (χ0) is 26.4. The van der Waals surface area contributed by atoms with Crippen molar-refractivity contribution >= 4 is 40.7 Å². The first-order chi connectivity index (χ1) is 17.9. The lowest BCUT2D eigenvalue weighted by Gasteiger charge is -2.35. The highest BCUT2D eigenvalue weighted by Gasteiger charge is 2.37. The second kappa shape index (κ2) is 12.6.